The summed E-state index contributed by atoms with van der Waals surface area (Å²) in [5.74, 6) is -0.407. The highest BCUT2D eigenvalue weighted by Crippen LogP contribution is 2.29. The molecule has 1 aromatic carbocycles. The third kappa shape index (κ3) is 7.83. The number of sulfone groups is 1. The van der Waals surface area contributed by atoms with Gasteiger partial charge in [-0.05, 0) is 30.3 Å². The van der Waals surface area contributed by atoms with E-state index in [1.807, 2.05) is 30.3 Å². The Morgan fingerprint density at radius 3 is 2.44 bits per heavy atom. The molecule has 1 aliphatic rings. The molecule has 1 aromatic rings. The van der Waals surface area contributed by atoms with E-state index in [0.717, 1.165) is 5.56 Å². The van der Waals surface area contributed by atoms with E-state index in [1.54, 1.807) is 6.08 Å². The van der Waals surface area contributed by atoms with Gasteiger partial charge in [-0.15, -0.1) is 0 Å². The molecule has 2 unspecified atom stereocenters. The van der Waals surface area contributed by atoms with Crippen LogP contribution in [0, 0.1) is 0 Å². The minimum atomic E-state index is -3.06. The minimum Gasteiger partial charge on any atom is -0.359 e. The van der Waals surface area contributed by atoms with Crippen LogP contribution in [0.5, 0.6) is 0 Å². The largest absolute Gasteiger partial charge is 0.359 e. The molecule has 0 radical (unpaired) electrons. The van der Waals surface area contributed by atoms with E-state index in [2.05, 4.69) is 16.0 Å². The Morgan fingerprint density at radius 2 is 1.89 bits per heavy atom. The molecule has 3 N–H and O–H groups in total. The van der Waals surface area contributed by atoms with Crippen LogP contribution in [0.3, 0.4) is 0 Å². The van der Waals surface area contributed by atoms with Crippen molar-refractivity contribution >= 4 is 74.0 Å². The average Bonchev–Trinajstić information content (AvgIpc) is 2.91. The lowest BCUT2D eigenvalue weighted by Gasteiger charge is -2.28. The van der Waals surface area contributed by atoms with Crippen molar-refractivity contribution in [2.24, 2.45) is 0 Å². The predicted molar refractivity (Wildman–Crippen MR) is 114 cm³/mol. The minimum absolute atomic E-state index is 0.0145. The van der Waals surface area contributed by atoms with Crippen molar-refractivity contribution in [3.63, 3.8) is 0 Å². The molecule has 11 heteroatoms. The fourth-order valence-corrected chi connectivity index (χ4v) is 4.68. The van der Waals surface area contributed by atoms with Crippen molar-refractivity contribution in [2.45, 2.75) is 22.4 Å². The smallest absolute Gasteiger partial charge is 0.245 e. The fraction of sp³-hybridized carbons (Fsp3) is 0.375. The normalized spacial score (nSPS) is 20.2. The lowest BCUT2D eigenvalue weighted by atomic mass is 10.2. The maximum absolute atomic E-state index is 12.1. The summed E-state index contributed by atoms with van der Waals surface area (Å²) >= 11 is 22.9. The zero-order valence-electron chi connectivity index (χ0n) is 14.0. The highest BCUT2D eigenvalue weighted by molar-refractivity contribution is 7.91. The van der Waals surface area contributed by atoms with Gasteiger partial charge in [-0.25, -0.2) is 8.42 Å². The highest BCUT2D eigenvalue weighted by Gasteiger charge is 2.35. The van der Waals surface area contributed by atoms with Crippen molar-refractivity contribution < 1.29 is 13.2 Å². The molecule has 0 aliphatic carbocycles. The molecule has 1 heterocycles. The topological polar surface area (TPSA) is 87.3 Å². The molecule has 148 valence electrons. The number of nitrogens with one attached hydrogen (secondary N) is 3. The maximum Gasteiger partial charge on any atom is 0.245 e. The summed E-state index contributed by atoms with van der Waals surface area (Å²) in [5.41, 5.74) is 0.839. The second-order valence-corrected chi connectivity index (χ2v) is 11.0. The van der Waals surface area contributed by atoms with Gasteiger partial charge in [0.2, 0.25) is 9.70 Å². The van der Waals surface area contributed by atoms with Gasteiger partial charge in [0.15, 0.2) is 14.9 Å². The van der Waals surface area contributed by atoms with Gasteiger partial charge in [-0.3, -0.25) is 4.79 Å². The Hall–Kier alpha value is -1.06. The van der Waals surface area contributed by atoms with Crippen molar-refractivity contribution in [1.29, 1.82) is 0 Å². The molecular formula is C16H18Cl3N3O3S2. The van der Waals surface area contributed by atoms with Gasteiger partial charge < -0.3 is 16.0 Å². The average molecular weight is 471 g/mol. The summed E-state index contributed by atoms with van der Waals surface area (Å²) in [6.45, 7) is 0. The first-order valence-corrected chi connectivity index (χ1v) is 11.3. The number of hydrogen-bond acceptors (Lipinski definition) is 4. The summed E-state index contributed by atoms with van der Waals surface area (Å²) in [4.78, 5) is 12.1. The number of alkyl halides is 3. The van der Waals surface area contributed by atoms with Crippen LogP contribution in [0.25, 0.3) is 6.08 Å². The van der Waals surface area contributed by atoms with Gasteiger partial charge in [0.25, 0.3) is 0 Å². The summed E-state index contributed by atoms with van der Waals surface area (Å²) < 4.78 is 21.1. The Labute approximate surface area is 178 Å². The first kappa shape index (κ1) is 22.2. The van der Waals surface area contributed by atoms with Crippen LogP contribution in [0.4, 0.5) is 0 Å². The van der Waals surface area contributed by atoms with E-state index >= 15 is 0 Å². The molecule has 2 rings (SSSR count). The number of halogens is 3. The third-order valence-electron chi connectivity index (χ3n) is 3.68. The predicted octanol–water partition coefficient (Wildman–Crippen LogP) is 2.16. The standard InChI is InChI=1S/C16H18Cl3N3O3S2/c17-16(18,19)14(21-13(23)7-6-11-4-2-1-3-5-11)22-15(26)20-12-8-9-27(24,25)10-12/h1-7,12,14H,8-10H2,(H,21,23)(H2,20,22,26). The van der Waals surface area contributed by atoms with Crippen LogP contribution in [0.15, 0.2) is 36.4 Å². The molecule has 1 saturated heterocycles. The highest BCUT2D eigenvalue weighted by atomic mass is 35.6. The Morgan fingerprint density at radius 1 is 1.22 bits per heavy atom. The third-order valence-corrected chi connectivity index (χ3v) is 6.34. The zero-order valence-corrected chi connectivity index (χ0v) is 17.9. The van der Waals surface area contributed by atoms with Crippen molar-refractivity contribution in [1.82, 2.24) is 16.0 Å². The van der Waals surface area contributed by atoms with Crippen molar-refractivity contribution in [3.05, 3.63) is 42.0 Å². The summed E-state index contributed by atoms with van der Waals surface area (Å²) in [6, 6.07) is 8.91. The number of carbonyl (C=O) groups excluding carboxylic acids is 1. The molecule has 27 heavy (non-hydrogen) atoms. The van der Waals surface area contributed by atoms with Crippen LogP contribution < -0.4 is 16.0 Å². The first-order valence-electron chi connectivity index (χ1n) is 7.93. The number of thiocarbonyl (C=S) groups is 1. The van der Waals surface area contributed by atoms with Crippen LogP contribution >= 0.6 is 47.0 Å². The maximum atomic E-state index is 12.1. The molecule has 0 saturated carbocycles. The lowest BCUT2D eigenvalue weighted by molar-refractivity contribution is -0.117. The molecule has 0 bridgehead atoms. The summed E-state index contributed by atoms with van der Waals surface area (Å²) in [6.07, 6.45) is 2.24. The summed E-state index contributed by atoms with van der Waals surface area (Å²) in [7, 11) is -3.06. The van der Waals surface area contributed by atoms with Crippen LogP contribution in [-0.4, -0.2) is 46.9 Å². The van der Waals surface area contributed by atoms with Crippen LogP contribution in [-0.2, 0) is 14.6 Å². The second-order valence-electron chi connectivity index (χ2n) is 5.94. The monoisotopic (exact) mass is 469 g/mol. The Bertz CT molecular complexity index is 811. The molecule has 1 aliphatic heterocycles. The quantitative estimate of drug-likeness (QED) is 0.265. The number of rotatable bonds is 5. The molecule has 2 atom stereocenters. The van der Waals surface area contributed by atoms with Gasteiger partial charge in [-0.1, -0.05) is 65.1 Å². The second kappa shape index (κ2) is 9.43. The van der Waals surface area contributed by atoms with Gasteiger partial charge in [0.05, 0.1) is 11.5 Å². The first-order chi connectivity index (χ1) is 12.5. The molecule has 0 spiro atoms. The van der Waals surface area contributed by atoms with E-state index in [1.165, 1.54) is 6.08 Å². The van der Waals surface area contributed by atoms with Crippen LogP contribution in [0.2, 0.25) is 0 Å². The number of benzene rings is 1. The molecule has 1 amide bonds. The number of carbonyl (C=O) groups is 1. The van der Waals surface area contributed by atoms with Gasteiger partial charge >= 0.3 is 0 Å². The van der Waals surface area contributed by atoms with Crippen molar-refractivity contribution in [3.8, 4) is 0 Å². The molecule has 6 nitrogen and oxygen atoms in total. The Balaban J connectivity index is 1.93. The lowest BCUT2D eigenvalue weighted by Crippen LogP contribution is -2.58. The molecule has 1 fully saturated rings. The number of hydrogen-bond donors (Lipinski definition) is 3. The molecule has 0 aromatic heterocycles. The summed E-state index contributed by atoms with van der Waals surface area (Å²) in [5, 5.41) is 8.17. The van der Waals surface area contributed by atoms with E-state index in [0.29, 0.717) is 6.42 Å². The van der Waals surface area contributed by atoms with E-state index in [9.17, 15) is 13.2 Å². The SMILES string of the molecule is O=C(C=Cc1ccccc1)NC(NC(=S)NC1CCS(=O)(=O)C1)C(Cl)(Cl)Cl. The van der Waals surface area contributed by atoms with E-state index in [-0.39, 0.29) is 22.7 Å². The van der Waals surface area contributed by atoms with Crippen LogP contribution in [0.1, 0.15) is 12.0 Å². The van der Waals surface area contributed by atoms with E-state index in [4.69, 9.17) is 47.0 Å². The van der Waals surface area contributed by atoms with Crippen molar-refractivity contribution in [2.75, 3.05) is 11.5 Å². The van der Waals surface area contributed by atoms with E-state index < -0.39 is 25.7 Å². The van der Waals surface area contributed by atoms with Gasteiger partial charge in [-0.2, -0.15) is 0 Å². The van der Waals surface area contributed by atoms with Gasteiger partial charge in [0, 0.05) is 12.1 Å². The zero-order chi connectivity index (χ0) is 20.1. The van der Waals surface area contributed by atoms with Gasteiger partial charge in [0.1, 0.15) is 6.17 Å². The Kier molecular flexibility index (Phi) is 7.76. The number of amides is 1. The fourth-order valence-electron chi connectivity index (χ4n) is 2.39. The molecular weight excluding hydrogens is 453 g/mol.